The highest BCUT2D eigenvalue weighted by Gasteiger charge is 2.25. The van der Waals surface area contributed by atoms with Gasteiger partial charge in [0.1, 0.15) is 0 Å². The van der Waals surface area contributed by atoms with Gasteiger partial charge in [-0.05, 0) is 43.3 Å². The van der Waals surface area contributed by atoms with Crippen molar-refractivity contribution in [1.29, 1.82) is 0 Å². The number of para-hydroxylation sites is 2. The summed E-state index contributed by atoms with van der Waals surface area (Å²) in [6.45, 7) is 4.39. The van der Waals surface area contributed by atoms with E-state index >= 15 is 0 Å². The second-order valence-corrected chi connectivity index (χ2v) is 7.26. The van der Waals surface area contributed by atoms with Crippen molar-refractivity contribution < 1.29 is 19.1 Å². The van der Waals surface area contributed by atoms with Crippen LogP contribution in [0.4, 0.5) is 0 Å². The van der Waals surface area contributed by atoms with E-state index in [1.54, 1.807) is 28.0 Å². The minimum Gasteiger partial charge on any atom is -0.490 e. The van der Waals surface area contributed by atoms with Crippen molar-refractivity contribution in [3.63, 3.8) is 0 Å². The summed E-state index contributed by atoms with van der Waals surface area (Å²) in [5.74, 6) is 1.08. The van der Waals surface area contributed by atoms with Crippen LogP contribution in [0, 0.1) is 0 Å². The Morgan fingerprint density at radius 3 is 2.07 bits per heavy atom. The van der Waals surface area contributed by atoms with Crippen LogP contribution in [-0.2, 0) is 4.79 Å². The largest absolute Gasteiger partial charge is 0.490 e. The molecule has 148 valence electrons. The van der Waals surface area contributed by atoms with E-state index in [4.69, 9.17) is 9.47 Å². The van der Waals surface area contributed by atoms with E-state index in [0.717, 1.165) is 4.47 Å². The van der Waals surface area contributed by atoms with Gasteiger partial charge in [0.05, 0.1) is 6.61 Å². The maximum atomic E-state index is 12.6. The lowest BCUT2D eigenvalue weighted by Crippen LogP contribution is -2.51. The van der Waals surface area contributed by atoms with Gasteiger partial charge in [-0.25, -0.2) is 0 Å². The Labute approximate surface area is 173 Å². The highest BCUT2D eigenvalue weighted by atomic mass is 79.9. The van der Waals surface area contributed by atoms with Gasteiger partial charge < -0.3 is 19.3 Å². The van der Waals surface area contributed by atoms with Crippen LogP contribution in [0.15, 0.2) is 53.0 Å². The average Bonchev–Trinajstić information content (AvgIpc) is 2.73. The van der Waals surface area contributed by atoms with E-state index in [2.05, 4.69) is 15.9 Å². The smallest absolute Gasteiger partial charge is 0.260 e. The first kappa shape index (κ1) is 20.2. The van der Waals surface area contributed by atoms with Gasteiger partial charge in [0, 0.05) is 36.2 Å². The molecule has 2 amide bonds. The summed E-state index contributed by atoms with van der Waals surface area (Å²) in [5.41, 5.74) is 0.652. The van der Waals surface area contributed by atoms with Gasteiger partial charge >= 0.3 is 0 Å². The van der Waals surface area contributed by atoms with Gasteiger partial charge in [-0.2, -0.15) is 0 Å². The predicted molar refractivity (Wildman–Crippen MR) is 110 cm³/mol. The number of amides is 2. The first-order chi connectivity index (χ1) is 13.6. The zero-order valence-electron chi connectivity index (χ0n) is 15.8. The molecule has 1 aliphatic heterocycles. The number of carbonyl (C=O) groups excluding carboxylic acids is 2. The van der Waals surface area contributed by atoms with E-state index in [1.807, 2.05) is 37.3 Å². The van der Waals surface area contributed by atoms with Crippen LogP contribution in [0.1, 0.15) is 17.3 Å². The third-order valence-electron chi connectivity index (χ3n) is 4.51. The first-order valence-electron chi connectivity index (χ1n) is 9.25. The fourth-order valence-corrected chi connectivity index (χ4v) is 3.27. The maximum absolute atomic E-state index is 12.6. The Morgan fingerprint density at radius 1 is 0.893 bits per heavy atom. The quantitative estimate of drug-likeness (QED) is 0.683. The molecule has 0 radical (unpaired) electrons. The Morgan fingerprint density at radius 2 is 1.46 bits per heavy atom. The molecule has 1 saturated heterocycles. The predicted octanol–water partition coefficient (Wildman–Crippen LogP) is 3.21. The number of piperazine rings is 1. The molecule has 0 atom stereocenters. The van der Waals surface area contributed by atoms with Crippen molar-refractivity contribution in [3.8, 4) is 11.5 Å². The minimum absolute atomic E-state index is 0.0125. The molecule has 0 aliphatic carbocycles. The summed E-state index contributed by atoms with van der Waals surface area (Å²) < 4.78 is 12.1. The van der Waals surface area contributed by atoms with Crippen LogP contribution in [0.2, 0.25) is 0 Å². The summed E-state index contributed by atoms with van der Waals surface area (Å²) in [7, 11) is 0. The standard InChI is InChI=1S/C21H23BrN2O4/c1-2-27-18-5-3-4-6-19(18)28-15-20(25)23-11-13-24(14-12-23)21(26)16-7-9-17(22)10-8-16/h3-10H,2,11-15H2,1H3. The summed E-state index contributed by atoms with van der Waals surface area (Å²) >= 11 is 3.37. The average molecular weight is 447 g/mol. The number of hydrogen-bond donors (Lipinski definition) is 0. The Hall–Kier alpha value is -2.54. The molecule has 0 saturated carbocycles. The topological polar surface area (TPSA) is 59.1 Å². The lowest BCUT2D eigenvalue weighted by atomic mass is 10.2. The van der Waals surface area contributed by atoms with E-state index in [-0.39, 0.29) is 18.4 Å². The number of carbonyl (C=O) groups is 2. The van der Waals surface area contributed by atoms with E-state index in [0.29, 0.717) is 49.8 Å². The molecule has 1 fully saturated rings. The van der Waals surface area contributed by atoms with Gasteiger partial charge in [-0.1, -0.05) is 28.1 Å². The number of nitrogens with zero attached hydrogens (tertiary/aromatic N) is 2. The van der Waals surface area contributed by atoms with Crippen molar-refractivity contribution >= 4 is 27.7 Å². The van der Waals surface area contributed by atoms with Crippen LogP contribution in [0.5, 0.6) is 11.5 Å². The molecule has 0 spiro atoms. The third kappa shape index (κ3) is 5.04. The summed E-state index contributed by atoms with van der Waals surface area (Å²) in [6.07, 6.45) is 0. The highest BCUT2D eigenvalue weighted by molar-refractivity contribution is 9.10. The Balaban J connectivity index is 1.50. The highest BCUT2D eigenvalue weighted by Crippen LogP contribution is 2.26. The number of hydrogen-bond acceptors (Lipinski definition) is 4. The Kier molecular flexibility index (Phi) is 6.92. The van der Waals surface area contributed by atoms with E-state index < -0.39 is 0 Å². The molecule has 3 rings (SSSR count). The van der Waals surface area contributed by atoms with Crippen molar-refractivity contribution in [2.75, 3.05) is 39.4 Å². The normalized spacial score (nSPS) is 13.9. The lowest BCUT2D eigenvalue weighted by Gasteiger charge is -2.34. The molecule has 0 N–H and O–H groups in total. The number of ether oxygens (including phenoxy) is 2. The zero-order valence-corrected chi connectivity index (χ0v) is 17.4. The molecular weight excluding hydrogens is 424 g/mol. The first-order valence-corrected chi connectivity index (χ1v) is 10.0. The molecule has 0 unspecified atom stereocenters. The van der Waals surface area contributed by atoms with Gasteiger partial charge in [0.2, 0.25) is 0 Å². The fourth-order valence-electron chi connectivity index (χ4n) is 3.01. The second-order valence-electron chi connectivity index (χ2n) is 6.35. The molecular formula is C21H23BrN2O4. The van der Waals surface area contributed by atoms with Crippen molar-refractivity contribution in [2.24, 2.45) is 0 Å². The molecule has 28 heavy (non-hydrogen) atoms. The molecule has 2 aromatic rings. The molecule has 6 nitrogen and oxygen atoms in total. The van der Waals surface area contributed by atoms with E-state index in [9.17, 15) is 9.59 Å². The second kappa shape index (κ2) is 9.59. The van der Waals surface area contributed by atoms with Crippen LogP contribution in [-0.4, -0.2) is 61.0 Å². The van der Waals surface area contributed by atoms with Gasteiger partial charge in [0.15, 0.2) is 18.1 Å². The Bertz CT molecular complexity index is 817. The fraction of sp³-hybridized carbons (Fsp3) is 0.333. The molecule has 7 heteroatoms. The lowest BCUT2D eigenvalue weighted by molar-refractivity contribution is -0.134. The molecule has 2 aromatic carbocycles. The molecule has 0 aromatic heterocycles. The van der Waals surface area contributed by atoms with Crippen LogP contribution in [0.3, 0.4) is 0 Å². The van der Waals surface area contributed by atoms with Crippen LogP contribution < -0.4 is 9.47 Å². The summed E-state index contributed by atoms with van der Waals surface area (Å²) in [6, 6.07) is 14.6. The van der Waals surface area contributed by atoms with Crippen molar-refractivity contribution in [1.82, 2.24) is 9.80 Å². The number of benzene rings is 2. The maximum Gasteiger partial charge on any atom is 0.260 e. The summed E-state index contributed by atoms with van der Waals surface area (Å²) in [5, 5.41) is 0. The summed E-state index contributed by atoms with van der Waals surface area (Å²) in [4.78, 5) is 28.5. The molecule has 0 bridgehead atoms. The SMILES string of the molecule is CCOc1ccccc1OCC(=O)N1CCN(C(=O)c2ccc(Br)cc2)CC1. The molecule has 1 aliphatic rings. The minimum atomic E-state index is -0.0953. The zero-order chi connectivity index (χ0) is 19.9. The van der Waals surface area contributed by atoms with E-state index in [1.165, 1.54) is 0 Å². The van der Waals surface area contributed by atoms with Gasteiger partial charge in [-0.3, -0.25) is 9.59 Å². The monoisotopic (exact) mass is 446 g/mol. The van der Waals surface area contributed by atoms with Crippen LogP contribution >= 0.6 is 15.9 Å². The van der Waals surface area contributed by atoms with Gasteiger partial charge in [0.25, 0.3) is 11.8 Å². The van der Waals surface area contributed by atoms with Gasteiger partial charge in [-0.15, -0.1) is 0 Å². The van der Waals surface area contributed by atoms with Crippen LogP contribution in [0.25, 0.3) is 0 Å². The van der Waals surface area contributed by atoms with Crippen molar-refractivity contribution in [2.45, 2.75) is 6.92 Å². The third-order valence-corrected chi connectivity index (χ3v) is 5.04. The van der Waals surface area contributed by atoms with Crippen molar-refractivity contribution in [3.05, 3.63) is 58.6 Å². The number of rotatable bonds is 6. The number of halogens is 1. The molecule has 1 heterocycles.